The van der Waals surface area contributed by atoms with Crippen molar-refractivity contribution < 1.29 is 9.18 Å². The molecule has 0 spiro atoms. The zero-order chi connectivity index (χ0) is 16.7. The molecule has 1 aromatic carbocycles. The summed E-state index contributed by atoms with van der Waals surface area (Å²) in [7, 11) is 3.92. The van der Waals surface area contributed by atoms with Gasteiger partial charge in [-0.2, -0.15) is 5.10 Å². The third-order valence-corrected chi connectivity index (χ3v) is 3.45. The monoisotopic (exact) mass is 319 g/mol. The molecule has 0 aliphatic heterocycles. The summed E-state index contributed by atoms with van der Waals surface area (Å²) in [4.78, 5) is 20.1. The van der Waals surface area contributed by atoms with Crippen LogP contribution in [-0.4, -0.2) is 57.7 Å². The van der Waals surface area contributed by atoms with Crippen molar-refractivity contribution in [2.75, 3.05) is 27.2 Å². The fourth-order valence-corrected chi connectivity index (χ4v) is 2.18. The van der Waals surface area contributed by atoms with E-state index in [4.69, 9.17) is 0 Å². The molecule has 0 saturated carbocycles. The van der Waals surface area contributed by atoms with Crippen molar-refractivity contribution in [3.63, 3.8) is 0 Å². The highest BCUT2D eigenvalue weighted by Gasteiger charge is 2.14. The third-order valence-electron chi connectivity index (χ3n) is 3.45. The van der Waals surface area contributed by atoms with Crippen LogP contribution in [0, 0.1) is 5.82 Å². The van der Waals surface area contributed by atoms with Gasteiger partial charge in [-0.05, 0) is 31.8 Å². The van der Waals surface area contributed by atoms with Gasteiger partial charge in [0.1, 0.15) is 18.5 Å². The van der Waals surface area contributed by atoms with Gasteiger partial charge >= 0.3 is 0 Å². The van der Waals surface area contributed by atoms with Crippen LogP contribution in [0.1, 0.15) is 12.0 Å². The number of hydrogen-bond acceptors (Lipinski definition) is 4. The SMILES string of the molecule is CN(C)CCN(Cc1cccc(F)c1)C(=O)CCn1cncn1. The maximum atomic E-state index is 13.3. The van der Waals surface area contributed by atoms with E-state index in [9.17, 15) is 9.18 Å². The second kappa shape index (κ2) is 8.38. The van der Waals surface area contributed by atoms with Crippen LogP contribution in [-0.2, 0) is 17.9 Å². The topological polar surface area (TPSA) is 54.3 Å². The number of carbonyl (C=O) groups is 1. The molecule has 124 valence electrons. The highest BCUT2D eigenvalue weighted by molar-refractivity contribution is 5.76. The molecule has 0 atom stereocenters. The molecule has 0 aliphatic carbocycles. The number of carbonyl (C=O) groups excluding carboxylic acids is 1. The Labute approximate surface area is 135 Å². The quantitative estimate of drug-likeness (QED) is 0.738. The van der Waals surface area contributed by atoms with Gasteiger partial charge in [0.2, 0.25) is 5.91 Å². The van der Waals surface area contributed by atoms with Crippen LogP contribution in [0.3, 0.4) is 0 Å². The van der Waals surface area contributed by atoms with E-state index in [0.29, 0.717) is 26.1 Å². The first kappa shape index (κ1) is 17.1. The molecule has 7 heteroatoms. The Morgan fingerprint density at radius 3 is 2.78 bits per heavy atom. The summed E-state index contributed by atoms with van der Waals surface area (Å²) in [6.07, 6.45) is 3.37. The molecule has 2 aromatic rings. The highest BCUT2D eigenvalue weighted by Crippen LogP contribution is 2.09. The molecule has 0 bridgehead atoms. The summed E-state index contributed by atoms with van der Waals surface area (Å²) in [5.74, 6) is -0.267. The number of rotatable bonds is 8. The van der Waals surface area contributed by atoms with Crippen molar-refractivity contribution in [3.05, 3.63) is 48.3 Å². The van der Waals surface area contributed by atoms with Gasteiger partial charge in [-0.1, -0.05) is 12.1 Å². The van der Waals surface area contributed by atoms with Gasteiger partial charge in [0.15, 0.2) is 0 Å². The van der Waals surface area contributed by atoms with E-state index >= 15 is 0 Å². The first-order chi connectivity index (χ1) is 11.0. The van der Waals surface area contributed by atoms with E-state index in [2.05, 4.69) is 10.1 Å². The Balaban J connectivity index is 1.98. The molecule has 1 amide bonds. The summed E-state index contributed by atoms with van der Waals surface area (Å²) in [6.45, 7) is 2.24. The Kier molecular flexibility index (Phi) is 6.22. The van der Waals surface area contributed by atoms with Crippen molar-refractivity contribution in [2.24, 2.45) is 0 Å². The van der Waals surface area contributed by atoms with Gasteiger partial charge in [-0.3, -0.25) is 9.48 Å². The number of hydrogen-bond donors (Lipinski definition) is 0. The zero-order valence-electron chi connectivity index (χ0n) is 13.5. The molecular formula is C16H22FN5O. The van der Waals surface area contributed by atoms with Crippen LogP contribution in [0.4, 0.5) is 4.39 Å². The second-order valence-electron chi connectivity index (χ2n) is 5.66. The molecule has 0 N–H and O–H groups in total. The molecule has 0 unspecified atom stereocenters. The Morgan fingerprint density at radius 1 is 1.30 bits per heavy atom. The first-order valence-corrected chi connectivity index (χ1v) is 7.54. The Morgan fingerprint density at radius 2 is 2.13 bits per heavy atom. The number of benzene rings is 1. The van der Waals surface area contributed by atoms with E-state index in [-0.39, 0.29) is 11.7 Å². The molecule has 0 fully saturated rings. The minimum absolute atomic E-state index is 0.0200. The molecule has 1 aromatic heterocycles. The smallest absolute Gasteiger partial charge is 0.224 e. The van der Waals surface area contributed by atoms with Gasteiger partial charge in [0.05, 0.1) is 6.54 Å². The molecule has 1 heterocycles. The standard InChI is InChI=1S/C16H22FN5O/c1-20(2)8-9-21(11-14-4-3-5-15(17)10-14)16(23)6-7-22-13-18-12-19-22/h3-5,10,12-13H,6-9,11H2,1-2H3. The van der Waals surface area contributed by atoms with E-state index in [1.807, 2.05) is 25.1 Å². The minimum Gasteiger partial charge on any atom is -0.337 e. The predicted molar refractivity (Wildman–Crippen MR) is 85.0 cm³/mol. The molecule has 2 rings (SSSR count). The molecular weight excluding hydrogens is 297 g/mol. The van der Waals surface area contributed by atoms with Gasteiger partial charge in [-0.15, -0.1) is 0 Å². The summed E-state index contributed by atoms with van der Waals surface area (Å²) in [5.41, 5.74) is 0.790. The largest absolute Gasteiger partial charge is 0.337 e. The summed E-state index contributed by atoms with van der Waals surface area (Å²) < 4.78 is 15.0. The number of halogens is 1. The zero-order valence-corrected chi connectivity index (χ0v) is 13.5. The molecule has 0 saturated heterocycles. The molecule has 6 nitrogen and oxygen atoms in total. The number of nitrogens with zero attached hydrogens (tertiary/aromatic N) is 5. The van der Waals surface area contributed by atoms with Gasteiger partial charge in [0.25, 0.3) is 0 Å². The molecule has 0 aliphatic rings. The Bertz CT molecular complexity index is 615. The average molecular weight is 319 g/mol. The van der Waals surface area contributed by atoms with Crippen LogP contribution in [0.5, 0.6) is 0 Å². The minimum atomic E-state index is -0.287. The lowest BCUT2D eigenvalue weighted by Gasteiger charge is -2.24. The number of likely N-dealkylation sites (N-methyl/N-ethyl adjacent to an activating group) is 1. The van der Waals surface area contributed by atoms with E-state index in [1.165, 1.54) is 18.5 Å². The predicted octanol–water partition coefficient (Wildman–Crippen LogP) is 1.40. The van der Waals surface area contributed by atoms with Crippen molar-refractivity contribution >= 4 is 5.91 Å². The lowest BCUT2D eigenvalue weighted by Crippen LogP contribution is -2.36. The van der Waals surface area contributed by atoms with E-state index in [0.717, 1.165) is 12.1 Å². The second-order valence-corrected chi connectivity index (χ2v) is 5.66. The third kappa shape index (κ3) is 5.78. The maximum Gasteiger partial charge on any atom is 0.224 e. The Hall–Kier alpha value is -2.28. The normalized spacial score (nSPS) is 11.0. The highest BCUT2D eigenvalue weighted by atomic mass is 19.1. The lowest BCUT2D eigenvalue weighted by molar-refractivity contribution is -0.132. The van der Waals surface area contributed by atoms with E-state index in [1.54, 1.807) is 22.0 Å². The van der Waals surface area contributed by atoms with Crippen LogP contribution in [0.25, 0.3) is 0 Å². The number of aromatic nitrogens is 3. The van der Waals surface area contributed by atoms with Gasteiger partial charge in [0, 0.05) is 26.1 Å². The van der Waals surface area contributed by atoms with Crippen LogP contribution in [0.2, 0.25) is 0 Å². The number of amides is 1. The van der Waals surface area contributed by atoms with Gasteiger partial charge < -0.3 is 9.80 Å². The summed E-state index contributed by atoms with van der Waals surface area (Å²) in [5, 5.41) is 3.99. The fourth-order valence-electron chi connectivity index (χ4n) is 2.18. The molecule has 23 heavy (non-hydrogen) atoms. The summed E-state index contributed by atoms with van der Waals surface area (Å²) in [6, 6.07) is 6.36. The van der Waals surface area contributed by atoms with Crippen LogP contribution in [0.15, 0.2) is 36.9 Å². The van der Waals surface area contributed by atoms with Crippen molar-refractivity contribution in [1.82, 2.24) is 24.6 Å². The lowest BCUT2D eigenvalue weighted by atomic mass is 10.2. The average Bonchev–Trinajstić information content (AvgIpc) is 3.02. The number of aryl methyl sites for hydroxylation is 1. The maximum absolute atomic E-state index is 13.3. The summed E-state index contributed by atoms with van der Waals surface area (Å²) >= 11 is 0. The molecule has 0 radical (unpaired) electrons. The van der Waals surface area contributed by atoms with E-state index < -0.39 is 0 Å². The van der Waals surface area contributed by atoms with Crippen molar-refractivity contribution in [2.45, 2.75) is 19.5 Å². The first-order valence-electron chi connectivity index (χ1n) is 7.54. The van der Waals surface area contributed by atoms with Crippen molar-refractivity contribution in [1.29, 1.82) is 0 Å². The van der Waals surface area contributed by atoms with Crippen LogP contribution < -0.4 is 0 Å². The fraction of sp³-hybridized carbons (Fsp3) is 0.438. The van der Waals surface area contributed by atoms with Crippen molar-refractivity contribution in [3.8, 4) is 0 Å². The van der Waals surface area contributed by atoms with Crippen LogP contribution >= 0.6 is 0 Å². The van der Waals surface area contributed by atoms with Gasteiger partial charge in [-0.25, -0.2) is 9.37 Å².